The average molecular weight is 314 g/mol. The van der Waals surface area contributed by atoms with Crippen molar-refractivity contribution in [1.29, 1.82) is 0 Å². The van der Waals surface area contributed by atoms with Crippen molar-refractivity contribution in [3.63, 3.8) is 0 Å². The Hall–Kier alpha value is -2.50. The van der Waals surface area contributed by atoms with Crippen LogP contribution in [0.1, 0.15) is 18.4 Å². The molecule has 1 N–H and O–H groups in total. The zero-order valence-electron chi connectivity index (χ0n) is 13.0. The fourth-order valence-electron chi connectivity index (χ4n) is 2.83. The van der Waals surface area contributed by atoms with E-state index in [9.17, 15) is 9.18 Å². The van der Waals surface area contributed by atoms with Gasteiger partial charge in [-0.05, 0) is 49.6 Å². The van der Waals surface area contributed by atoms with E-state index in [1.165, 1.54) is 12.1 Å². The van der Waals surface area contributed by atoms with Crippen LogP contribution in [0.5, 0.6) is 0 Å². The van der Waals surface area contributed by atoms with Gasteiger partial charge >= 0.3 is 0 Å². The highest BCUT2D eigenvalue weighted by Crippen LogP contribution is 2.23. The molecule has 2 aromatic rings. The monoisotopic (exact) mass is 314 g/mol. The maximum absolute atomic E-state index is 13.1. The molecule has 0 spiro atoms. The normalized spacial score (nSPS) is 17.8. The molecule has 1 amide bonds. The number of nitrogens with zero attached hydrogens (tertiary/aromatic N) is 3. The number of piperidine rings is 1. The zero-order chi connectivity index (χ0) is 16.2. The summed E-state index contributed by atoms with van der Waals surface area (Å²) in [5.74, 6) is 0.186. The fraction of sp³-hybridized carbons (Fsp3) is 0.353. The smallest absolute Gasteiger partial charge is 0.229 e. The molecule has 120 valence electrons. The summed E-state index contributed by atoms with van der Waals surface area (Å²) in [6, 6.07) is 6.15. The molecule has 6 heteroatoms. The van der Waals surface area contributed by atoms with E-state index in [2.05, 4.69) is 15.3 Å². The number of aromatic nitrogens is 2. The maximum atomic E-state index is 13.1. The summed E-state index contributed by atoms with van der Waals surface area (Å²) in [7, 11) is 0. The Labute approximate surface area is 134 Å². The molecule has 3 rings (SSSR count). The Morgan fingerprint density at radius 2 is 2.13 bits per heavy atom. The van der Waals surface area contributed by atoms with Crippen LogP contribution < -0.4 is 10.2 Å². The molecule has 1 aliphatic rings. The maximum Gasteiger partial charge on any atom is 0.229 e. The number of hydrogen-bond donors (Lipinski definition) is 1. The number of carbonyl (C=O) groups is 1. The predicted molar refractivity (Wildman–Crippen MR) is 86.7 cm³/mol. The van der Waals surface area contributed by atoms with Crippen LogP contribution in [-0.2, 0) is 4.79 Å². The van der Waals surface area contributed by atoms with Crippen LogP contribution in [0, 0.1) is 18.7 Å². The Morgan fingerprint density at radius 1 is 1.35 bits per heavy atom. The van der Waals surface area contributed by atoms with E-state index in [0.29, 0.717) is 18.2 Å². The molecule has 1 fully saturated rings. The van der Waals surface area contributed by atoms with Gasteiger partial charge in [0.1, 0.15) is 5.82 Å². The van der Waals surface area contributed by atoms with Gasteiger partial charge in [-0.2, -0.15) is 0 Å². The van der Waals surface area contributed by atoms with Crippen LogP contribution in [-0.4, -0.2) is 29.0 Å². The lowest BCUT2D eigenvalue weighted by molar-refractivity contribution is -0.120. The number of aryl methyl sites for hydroxylation is 1. The number of nitrogens with one attached hydrogen (secondary N) is 1. The first-order valence-corrected chi connectivity index (χ1v) is 7.72. The summed E-state index contributed by atoms with van der Waals surface area (Å²) >= 11 is 0. The minimum atomic E-state index is -0.300. The number of rotatable bonds is 3. The summed E-state index contributed by atoms with van der Waals surface area (Å²) in [4.78, 5) is 23.0. The molecule has 1 aromatic heterocycles. The molecule has 2 heterocycles. The van der Waals surface area contributed by atoms with Crippen LogP contribution >= 0.6 is 0 Å². The molecule has 1 aromatic carbocycles. The van der Waals surface area contributed by atoms with Crippen molar-refractivity contribution in [1.82, 2.24) is 9.97 Å². The summed E-state index contributed by atoms with van der Waals surface area (Å²) in [6.07, 6.45) is 5.15. The van der Waals surface area contributed by atoms with Gasteiger partial charge in [0, 0.05) is 31.2 Å². The third kappa shape index (κ3) is 3.64. The SMILES string of the molecule is Cc1cc(F)ccc1NC(=O)C1CCCN(c2ncccn2)C1. The minimum absolute atomic E-state index is 0.0414. The number of halogens is 1. The Morgan fingerprint density at radius 3 is 2.87 bits per heavy atom. The van der Waals surface area contributed by atoms with Gasteiger partial charge in [0.05, 0.1) is 5.92 Å². The fourth-order valence-corrected chi connectivity index (χ4v) is 2.83. The van der Waals surface area contributed by atoms with E-state index in [1.807, 2.05) is 4.90 Å². The Balaban J connectivity index is 1.67. The van der Waals surface area contributed by atoms with Crippen LogP contribution in [0.2, 0.25) is 0 Å². The van der Waals surface area contributed by atoms with Crippen molar-refractivity contribution < 1.29 is 9.18 Å². The standard InChI is InChI=1S/C17H19FN4O/c1-12-10-14(18)5-6-15(12)21-16(23)13-4-2-9-22(11-13)17-19-7-3-8-20-17/h3,5-8,10,13H,2,4,9,11H2,1H3,(H,21,23). The summed E-state index contributed by atoms with van der Waals surface area (Å²) < 4.78 is 13.1. The lowest BCUT2D eigenvalue weighted by Gasteiger charge is -2.32. The van der Waals surface area contributed by atoms with E-state index in [1.54, 1.807) is 31.5 Å². The number of amides is 1. The van der Waals surface area contributed by atoms with E-state index in [-0.39, 0.29) is 17.6 Å². The molecule has 1 unspecified atom stereocenters. The van der Waals surface area contributed by atoms with Crippen molar-refractivity contribution in [3.05, 3.63) is 48.0 Å². The van der Waals surface area contributed by atoms with Gasteiger partial charge in [-0.15, -0.1) is 0 Å². The van der Waals surface area contributed by atoms with Crippen LogP contribution in [0.15, 0.2) is 36.7 Å². The quantitative estimate of drug-likeness (QED) is 0.946. The highest BCUT2D eigenvalue weighted by molar-refractivity contribution is 5.93. The number of hydrogen-bond acceptors (Lipinski definition) is 4. The third-order valence-electron chi connectivity index (χ3n) is 4.07. The van der Waals surface area contributed by atoms with Gasteiger partial charge in [0.25, 0.3) is 0 Å². The summed E-state index contributed by atoms with van der Waals surface area (Å²) in [5, 5.41) is 2.91. The summed E-state index contributed by atoms with van der Waals surface area (Å²) in [6.45, 7) is 3.23. The largest absolute Gasteiger partial charge is 0.340 e. The highest BCUT2D eigenvalue weighted by Gasteiger charge is 2.27. The average Bonchev–Trinajstić information content (AvgIpc) is 2.58. The molecule has 0 radical (unpaired) electrons. The van der Waals surface area contributed by atoms with Crippen molar-refractivity contribution in [2.45, 2.75) is 19.8 Å². The second kappa shape index (κ2) is 6.73. The topological polar surface area (TPSA) is 58.1 Å². The van der Waals surface area contributed by atoms with E-state index in [4.69, 9.17) is 0 Å². The first kappa shape index (κ1) is 15.4. The highest BCUT2D eigenvalue weighted by atomic mass is 19.1. The van der Waals surface area contributed by atoms with E-state index < -0.39 is 0 Å². The molecule has 0 bridgehead atoms. The number of carbonyl (C=O) groups excluding carboxylic acids is 1. The molecular formula is C17H19FN4O. The van der Waals surface area contributed by atoms with Gasteiger partial charge in [0.15, 0.2) is 0 Å². The van der Waals surface area contributed by atoms with Crippen molar-refractivity contribution >= 4 is 17.5 Å². The van der Waals surface area contributed by atoms with E-state index >= 15 is 0 Å². The predicted octanol–water partition coefficient (Wildman–Crippen LogP) is 2.78. The van der Waals surface area contributed by atoms with Gasteiger partial charge in [-0.3, -0.25) is 4.79 Å². The number of benzene rings is 1. The minimum Gasteiger partial charge on any atom is -0.340 e. The molecule has 23 heavy (non-hydrogen) atoms. The molecule has 1 saturated heterocycles. The zero-order valence-corrected chi connectivity index (χ0v) is 13.0. The molecule has 1 aliphatic heterocycles. The second-order valence-electron chi connectivity index (χ2n) is 5.78. The van der Waals surface area contributed by atoms with Crippen molar-refractivity contribution in [2.75, 3.05) is 23.3 Å². The lowest BCUT2D eigenvalue weighted by Crippen LogP contribution is -2.41. The van der Waals surface area contributed by atoms with Crippen LogP contribution in [0.4, 0.5) is 16.0 Å². The van der Waals surface area contributed by atoms with Gasteiger partial charge in [-0.25, -0.2) is 14.4 Å². The number of anilines is 2. The Bertz CT molecular complexity index is 692. The van der Waals surface area contributed by atoms with Gasteiger partial charge in [0.2, 0.25) is 11.9 Å². The van der Waals surface area contributed by atoms with Gasteiger partial charge < -0.3 is 10.2 Å². The summed E-state index contributed by atoms with van der Waals surface area (Å²) in [5.41, 5.74) is 1.38. The van der Waals surface area contributed by atoms with E-state index in [0.717, 1.165) is 24.9 Å². The molecule has 0 aliphatic carbocycles. The molecule has 0 saturated carbocycles. The Kier molecular flexibility index (Phi) is 4.50. The molecule has 5 nitrogen and oxygen atoms in total. The second-order valence-corrected chi connectivity index (χ2v) is 5.78. The first-order chi connectivity index (χ1) is 11.1. The first-order valence-electron chi connectivity index (χ1n) is 7.72. The van der Waals surface area contributed by atoms with Crippen LogP contribution in [0.25, 0.3) is 0 Å². The third-order valence-corrected chi connectivity index (χ3v) is 4.07. The molecular weight excluding hydrogens is 295 g/mol. The molecule has 1 atom stereocenters. The lowest BCUT2D eigenvalue weighted by atomic mass is 9.97. The van der Waals surface area contributed by atoms with Crippen LogP contribution in [0.3, 0.4) is 0 Å². The van der Waals surface area contributed by atoms with Crippen molar-refractivity contribution in [2.24, 2.45) is 5.92 Å². The van der Waals surface area contributed by atoms with Gasteiger partial charge in [-0.1, -0.05) is 0 Å². The van der Waals surface area contributed by atoms with Crippen molar-refractivity contribution in [3.8, 4) is 0 Å².